The Morgan fingerprint density at radius 2 is 2.42 bits per heavy atom. The molecule has 4 rings (SSSR count). The zero-order chi connectivity index (χ0) is 16.5. The van der Waals surface area contributed by atoms with Crippen LogP contribution in [0.1, 0.15) is 53.4 Å². The fraction of sp³-hybridized carbons (Fsp3) is 0.588. The van der Waals surface area contributed by atoms with Gasteiger partial charge in [0.25, 0.3) is 0 Å². The fourth-order valence-corrected chi connectivity index (χ4v) is 4.49. The summed E-state index contributed by atoms with van der Waals surface area (Å²) in [7, 11) is 0. The summed E-state index contributed by atoms with van der Waals surface area (Å²) >= 11 is 1.76. The molecule has 1 fully saturated rings. The van der Waals surface area contributed by atoms with Crippen LogP contribution < -0.4 is 0 Å². The highest BCUT2D eigenvalue weighted by atomic mass is 32.1. The van der Waals surface area contributed by atoms with Gasteiger partial charge in [0.1, 0.15) is 0 Å². The number of hydrogen-bond acceptors (Lipinski definition) is 6. The second-order valence-electron chi connectivity index (χ2n) is 6.46. The summed E-state index contributed by atoms with van der Waals surface area (Å²) in [5.74, 6) is 1.63. The molecule has 2 aromatic rings. The summed E-state index contributed by atoms with van der Waals surface area (Å²) in [5, 5.41) is 6.11. The van der Waals surface area contributed by atoms with E-state index in [0.717, 1.165) is 31.6 Å². The van der Waals surface area contributed by atoms with Crippen LogP contribution in [0.4, 0.5) is 0 Å². The van der Waals surface area contributed by atoms with Gasteiger partial charge in [-0.25, -0.2) is 0 Å². The van der Waals surface area contributed by atoms with Gasteiger partial charge in [0.2, 0.25) is 11.8 Å². The largest absolute Gasteiger partial charge is 0.373 e. The lowest BCUT2D eigenvalue weighted by Crippen LogP contribution is -2.40. The van der Waals surface area contributed by atoms with E-state index in [1.165, 1.54) is 10.4 Å². The number of hydrogen-bond donors (Lipinski definition) is 0. The van der Waals surface area contributed by atoms with E-state index >= 15 is 0 Å². The molecule has 128 valence electrons. The number of nitrogens with zero attached hydrogens (tertiary/aromatic N) is 3. The van der Waals surface area contributed by atoms with Crippen LogP contribution >= 0.6 is 11.3 Å². The standard InChI is InChI=1S/C17H21N3O3S/c1-11-18-17(19-23-11)12-3-2-6-20(10-12)16(21)9-14-13-5-8-24-15(13)4-7-22-14/h5,8,12,14H,2-4,6-7,9-10H2,1H3/t12-,14+/m0/s1. The number of aromatic nitrogens is 2. The van der Waals surface area contributed by atoms with E-state index in [1.54, 1.807) is 18.3 Å². The normalized spacial score (nSPS) is 24.0. The first-order chi connectivity index (χ1) is 11.7. The van der Waals surface area contributed by atoms with Crippen molar-refractivity contribution in [1.29, 1.82) is 0 Å². The topological polar surface area (TPSA) is 68.5 Å². The molecule has 6 nitrogen and oxygen atoms in total. The van der Waals surface area contributed by atoms with Gasteiger partial charge in [0.05, 0.1) is 19.1 Å². The van der Waals surface area contributed by atoms with Crippen molar-refractivity contribution in [2.24, 2.45) is 0 Å². The van der Waals surface area contributed by atoms with Gasteiger partial charge >= 0.3 is 0 Å². The number of thiophene rings is 1. The van der Waals surface area contributed by atoms with Crippen molar-refractivity contribution in [1.82, 2.24) is 15.0 Å². The molecular formula is C17H21N3O3S. The van der Waals surface area contributed by atoms with Crippen LogP contribution in [0.15, 0.2) is 16.0 Å². The molecule has 2 aliphatic heterocycles. The second kappa shape index (κ2) is 6.64. The Morgan fingerprint density at radius 3 is 3.25 bits per heavy atom. The van der Waals surface area contributed by atoms with Crippen LogP contribution in [0.2, 0.25) is 0 Å². The van der Waals surface area contributed by atoms with Crippen LogP contribution in [0.3, 0.4) is 0 Å². The Bertz CT molecular complexity index is 726. The summed E-state index contributed by atoms with van der Waals surface area (Å²) in [6, 6.07) is 2.10. The summed E-state index contributed by atoms with van der Waals surface area (Å²) in [6.07, 6.45) is 3.25. The molecule has 0 radical (unpaired) electrons. The highest BCUT2D eigenvalue weighted by Gasteiger charge is 2.31. The second-order valence-corrected chi connectivity index (χ2v) is 7.46. The number of piperidine rings is 1. The van der Waals surface area contributed by atoms with Crippen molar-refractivity contribution in [3.63, 3.8) is 0 Å². The predicted octanol–water partition coefficient (Wildman–Crippen LogP) is 2.85. The molecule has 0 bridgehead atoms. The van der Waals surface area contributed by atoms with E-state index in [1.807, 2.05) is 4.90 Å². The summed E-state index contributed by atoms with van der Waals surface area (Å²) in [6.45, 7) is 3.97. The minimum atomic E-state index is -0.0969. The lowest BCUT2D eigenvalue weighted by atomic mass is 9.96. The molecule has 0 aromatic carbocycles. The van der Waals surface area contributed by atoms with E-state index in [0.29, 0.717) is 25.5 Å². The fourth-order valence-electron chi connectivity index (χ4n) is 3.58. The van der Waals surface area contributed by atoms with Crippen LogP contribution in [-0.2, 0) is 16.0 Å². The Labute approximate surface area is 144 Å². The summed E-state index contributed by atoms with van der Waals surface area (Å²) in [5.41, 5.74) is 1.20. The van der Waals surface area contributed by atoms with Gasteiger partial charge in [0.15, 0.2) is 5.82 Å². The Balaban J connectivity index is 1.42. The monoisotopic (exact) mass is 347 g/mol. The SMILES string of the molecule is Cc1nc([C@H]2CCCN(C(=O)C[C@H]3OCCc4sccc43)C2)no1. The minimum absolute atomic E-state index is 0.0969. The van der Waals surface area contributed by atoms with Crippen molar-refractivity contribution >= 4 is 17.2 Å². The molecule has 24 heavy (non-hydrogen) atoms. The maximum atomic E-state index is 12.8. The summed E-state index contributed by atoms with van der Waals surface area (Å²) in [4.78, 5) is 20.4. The molecule has 2 aliphatic rings. The van der Waals surface area contributed by atoms with E-state index in [2.05, 4.69) is 21.6 Å². The average Bonchev–Trinajstić information content (AvgIpc) is 3.24. The molecule has 0 saturated carbocycles. The lowest BCUT2D eigenvalue weighted by molar-refractivity contribution is -0.136. The van der Waals surface area contributed by atoms with Gasteiger partial charge in [-0.15, -0.1) is 11.3 Å². The van der Waals surface area contributed by atoms with Crippen LogP contribution in [0.5, 0.6) is 0 Å². The van der Waals surface area contributed by atoms with Gasteiger partial charge in [-0.1, -0.05) is 5.16 Å². The van der Waals surface area contributed by atoms with Gasteiger partial charge in [-0.2, -0.15) is 4.98 Å². The van der Waals surface area contributed by atoms with E-state index in [-0.39, 0.29) is 17.9 Å². The third kappa shape index (κ3) is 3.10. The molecule has 2 aromatic heterocycles. The van der Waals surface area contributed by atoms with Crippen molar-refractivity contribution in [2.75, 3.05) is 19.7 Å². The predicted molar refractivity (Wildman–Crippen MR) is 88.9 cm³/mol. The first kappa shape index (κ1) is 15.8. The first-order valence-electron chi connectivity index (χ1n) is 8.46. The molecule has 7 heteroatoms. The van der Waals surface area contributed by atoms with E-state index in [9.17, 15) is 4.79 Å². The Kier molecular flexibility index (Phi) is 4.37. The smallest absolute Gasteiger partial charge is 0.225 e. The maximum Gasteiger partial charge on any atom is 0.225 e. The highest BCUT2D eigenvalue weighted by molar-refractivity contribution is 7.10. The third-order valence-electron chi connectivity index (χ3n) is 4.82. The highest BCUT2D eigenvalue weighted by Crippen LogP contribution is 2.34. The molecule has 0 unspecified atom stereocenters. The van der Waals surface area contributed by atoms with Crippen molar-refractivity contribution in [2.45, 2.75) is 44.6 Å². The molecule has 0 aliphatic carbocycles. The maximum absolute atomic E-state index is 12.8. The van der Waals surface area contributed by atoms with E-state index < -0.39 is 0 Å². The van der Waals surface area contributed by atoms with E-state index in [4.69, 9.17) is 9.26 Å². The number of rotatable bonds is 3. The number of fused-ring (bicyclic) bond motifs is 1. The molecule has 4 heterocycles. The Hall–Kier alpha value is -1.73. The Morgan fingerprint density at radius 1 is 1.50 bits per heavy atom. The number of ether oxygens (including phenoxy) is 1. The number of amides is 1. The third-order valence-corrected chi connectivity index (χ3v) is 5.81. The summed E-state index contributed by atoms with van der Waals surface area (Å²) < 4.78 is 10.9. The van der Waals surface area contributed by atoms with Crippen LogP contribution in [-0.4, -0.2) is 40.6 Å². The van der Waals surface area contributed by atoms with Crippen molar-refractivity contribution in [3.05, 3.63) is 33.6 Å². The quantitative estimate of drug-likeness (QED) is 0.854. The zero-order valence-electron chi connectivity index (χ0n) is 13.7. The van der Waals surface area contributed by atoms with Gasteiger partial charge in [-0.3, -0.25) is 4.79 Å². The van der Waals surface area contributed by atoms with Crippen LogP contribution in [0.25, 0.3) is 0 Å². The molecule has 0 N–H and O–H groups in total. The van der Waals surface area contributed by atoms with Crippen molar-refractivity contribution < 1.29 is 14.1 Å². The average molecular weight is 347 g/mol. The molecule has 0 spiro atoms. The number of likely N-dealkylation sites (tertiary alicyclic amines) is 1. The van der Waals surface area contributed by atoms with Crippen molar-refractivity contribution in [3.8, 4) is 0 Å². The lowest BCUT2D eigenvalue weighted by Gasteiger charge is -2.33. The van der Waals surface area contributed by atoms with Gasteiger partial charge in [0, 0.05) is 37.2 Å². The van der Waals surface area contributed by atoms with Gasteiger partial charge < -0.3 is 14.2 Å². The number of carbonyl (C=O) groups excluding carboxylic acids is 1. The first-order valence-corrected chi connectivity index (χ1v) is 9.34. The van der Waals surface area contributed by atoms with Crippen LogP contribution in [0, 0.1) is 6.92 Å². The molecular weight excluding hydrogens is 326 g/mol. The molecule has 1 amide bonds. The zero-order valence-corrected chi connectivity index (χ0v) is 14.6. The number of aryl methyl sites for hydroxylation is 1. The minimum Gasteiger partial charge on any atom is -0.373 e. The number of carbonyl (C=O) groups is 1. The molecule has 2 atom stereocenters. The van der Waals surface area contributed by atoms with Gasteiger partial charge in [-0.05, 0) is 29.9 Å². The molecule has 1 saturated heterocycles.